The number of benzene rings is 1. The van der Waals surface area contributed by atoms with Gasteiger partial charge in [-0.25, -0.2) is 0 Å². The highest BCUT2D eigenvalue weighted by molar-refractivity contribution is 5.92. The van der Waals surface area contributed by atoms with Crippen molar-refractivity contribution in [1.29, 1.82) is 0 Å². The molecule has 2 rings (SSSR count). The normalized spacial score (nSPS) is 10.7. The molecule has 1 aromatic heterocycles. The Bertz CT molecular complexity index is 679. The lowest BCUT2D eigenvalue weighted by Gasteiger charge is -2.09. The summed E-state index contributed by atoms with van der Waals surface area (Å²) in [7, 11) is 1.77. The van der Waals surface area contributed by atoms with Crippen LogP contribution in [-0.2, 0) is 13.6 Å². The summed E-state index contributed by atoms with van der Waals surface area (Å²) in [5, 5.41) is 7.13. The molecule has 1 N–H and O–H groups in total. The summed E-state index contributed by atoms with van der Waals surface area (Å²) in [6.07, 6.45) is 6.13. The molecule has 1 aromatic carbocycles. The van der Waals surface area contributed by atoms with Gasteiger partial charge in [0.25, 0.3) is 5.91 Å². The molecule has 0 aliphatic heterocycles. The largest absolute Gasteiger partial charge is 0.494 e. The molecule has 25 heavy (non-hydrogen) atoms. The van der Waals surface area contributed by atoms with Gasteiger partial charge in [-0.15, -0.1) is 0 Å². The van der Waals surface area contributed by atoms with Gasteiger partial charge in [-0.05, 0) is 37.1 Å². The number of ether oxygens (including phenoxy) is 1. The van der Waals surface area contributed by atoms with Crippen molar-refractivity contribution in [2.24, 2.45) is 7.05 Å². The van der Waals surface area contributed by atoms with E-state index >= 15 is 0 Å². The maximum Gasteiger partial charge on any atom is 0.269 e. The van der Waals surface area contributed by atoms with Gasteiger partial charge in [-0.3, -0.25) is 9.48 Å². The van der Waals surface area contributed by atoms with Crippen molar-refractivity contribution < 1.29 is 9.53 Å². The number of aromatic nitrogens is 2. The number of hydrogen-bond acceptors (Lipinski definition) is 3. The zero-order valence-electron chi connectivity index (χ0n) is 15.5. The minimum atomic E-state index is -0.120. The van der Waals surface area contributed by atoms with Crippen LogP contribution in [0.2, 0.25) is 0 Å². The van der Waals surface area contributed by atoms with Crippen LogP contribution in [0.1, 0.15) is 60.8 Å². The summed E-state index contributed by atoms with van der Waals surface area (Å²) in [6, 6.07) is 9.68. The summed E-state index contributed by atoms with van der Waals surface area (Å²) in [6.45, 7) is 5.31. The lowest BCUT2D eigenvalue weighted by atomic mass is 10.2. The molecule has 5 heteroatoms. The number of hydrogen-bond donors (Lipinski definition) is 1. The average molecular weight is 343 g/mol. The number of carbonyl (C=O) groups is 1. The van der Waals surface area contributed by atoms with Gasteiger partial charge in [0.1, 0.15) is 11.4 Å². The fraction of sp³-hybridized carbons (Fsp3) is 0.500. The second-order valence-corrected chi connectivity index (χ2v) is 6.39. The fourth-order valence-electron chi connectivity index (χ4n) is 2.74. The second-order valence-electron chi connectivity index (χ2n) is 6.39. The molecular weight excluding hydrogens is 314 g/mol. The van der Waals surface area contributed by atoms with E-state index < -0.39 is 0 Å². The minimum Gasteiger partial charge on any atom is -0.494 e. The monoisotopic (exact) mass is 343 g/mol. The zero-order chi connectivity index (χ0) is 18.1. The van der Waals surface area contributed by atoms with Crippen LogP contribution < -0.4 is 10.1 Å². The van der Waals surface area contributed by atoms with Crippen LogP contribution in [-0.4, -0.2) is 22.3 Å². The van der Waals surface area contributed by atoms with Crippen LogP contribution in [0, 0.1) is 6.92 Å². The third-order valence-corrected chi connectivity index (χ3v) is 4.10. The molecule has 0 saturated carbocycles. The van der Waals surface area contributed by atoms with Gasteiger partial charge in [0.2, 0.25) is 0 Å². The molecule has 0 atom stereocenters. The Hall–Kier alpha value is -2.30. The lowest BCUT2D eigenvalue weighted by Crippen LogP contribution is -2.25. The molecule has 0 fully saturated rings. The van der Waals surface area contributed by atoms with Crippen molar-refractivity contribution in [2.75, 3.05) is 6.61 Å². The highest BCUT2D eigenvalue weighted by Gasteiger charge is 2.11. The number of amides is 1. The molecule has 1 amide bonds. The third kappa shape index (κ3) is 6.25. The minimum absolute atomic E-state index is 0.120. The Morgan fingerprint density at radius 3 is 2.72 bits per heavy atom. The number of carbonyl (C=O) groups excluding carboxylic acids is 1. The zero-order valence-corrected chi connectivity index (χ0v) is 15.5. The van der Waals surface area contributed by atoms with E-state index in [4.69, 9.17) is 4.74 Å². The maximum absolute atomic E-state index is 12.2. The molecule has 0 saturated heterocycles. The number of aryl methyl sites for hydroxylation is 2. The summed E-state index contributed by atoms with van der Waals surface area (Å²) in [4.78, 5) is 12.2. The Kier molecular flexibility index (Phi) is 7.51. The first kappa shape index (κ1) is 19.0. The van der Waals surface area contributed by atoms with Gasteiger partial charge in [-0.1, -0.05) is 44.7 Å². The molecule has 2 aromatic rings. The SMILES string of the molecule is CCCCCCCOc1cccc(CNC(=O)c2cc(C)nn2C)c1. The van der Waals surface area contributed by atoms with Crippen molar-refractivity contribution >= 4 is 5.91 Å². The highest BCUT2D eigenvalue weighted by atomic mass is 16.5. The van der Waals surface area contributed by atoms with Crippen LogP contribution in [0.15, 0.2) is 30.3 Å². The Morgan fingerprint density at radius 1 is 1.20 bits per heavy atom. The Morgan fingerprint density at radius 2 is 2.00 bits per heavy atom. The van der Waals surface area contributed by atoms with E-state index in [0.29, 0.717) is 12.2 Å². The summed E-state index contributed by atoms with van der Waals surface area (Å²) >= 11 is 0. The van der Waals surface area contributed by atoms with Crippen LogP contribution >= 0.6 is 0 Å². The van der Waals surface area contributed by atoms with Gasteiger partial charge >= 0.3 is 0 Å². The third-order valence-electron chi connectivity index (χ3n) is 4.10. The molecule has 136 valence electrons. The van der Waals surface area contributed by atoms with Gasteiger partial charge in [0, 0.05) is 13.6 Å². The molecule has 0 radical (unpaired) electrons. The highest BCUT2D eigenvalue weighted by Crippen LogP contribution is 2.14. The van der Waals surface area contributed by atoms with Crippen molar-refractivity contribution in [3.8, 4) is 5.75 Å². The Balaban J connectivity index is 1.79. The molecule has 0 aliphatic rings. The quantitative estimate of drug-likeness (QED) is 0.663. The standard InChI is InChI=1S/C20H29N3O2/c1-4-5-6-7-8-12-25-18-11-9-10-17(14-18)15-21-20(24)19-13-16(2)22-23(19)3/h9-11,13-14H,4-8,12,15H2,1-3H3,(H,21,24). The maximum atomic E-state index is 12.2. The van der Waals surface area contributed by atoms with Crippen LogP contribution in [0.25, 0.3) is 0 Å². The smallest absolute Gasteiger partial charge is 0.269 e. The van der Waals surface area contributed by atoms with E-state index in [1.54, 1.807) is 17.8 Å². The van der Waals surface area contributed by atoms with Crippen LogP contribution in [0.4, 0.5) is 0 Å². The predicted octanol–water partition coefficient (Wildman–Crippen LogP) is 4.01. The van der Waals surface area contributed by atoms with Crippen molar-refractivity contribution in [1.82, 2.24) is 15.1 Å². The molecule has 1 heterocycles. The first-order valence-corrected chi connectivity index (χ1v) is 9.10. The van der Waals surface area contributed by atoms with E-state index in [2.05, 4.69) is 17.3 Å². The van der Waals surface area contributed by atoms with Crippen molar-refractivity contribution in [2.45, 2.75) is 52.5 Å². The Labute approximate surface area is 150 Å². The van der Waals surface area contributed by atoms with E-state index in [1.165, 1.54) is 25.7 Å². The average Bonchev–Trinajstić information content (AvgIpc) is 2.94. The first-order chi connectivity index (χ1) is 12.1. The summed E-state index contributed by atoms with van der Waals surface area (Å²) in [5.41, 5.74) is 2.43. The topological polar surface area (TPSA) is 56.1 Å². The van der Waals surface area contributed by atoms with Crippen molar-refractivity contribution in [3.05, 3.63) is 47.3 Å². The molecule has 0 aliphatic carbocycles. The van der Waals surface area contributed by atoms with Crippen LogP contribution in [0.3, 0.4) is 0 Å². The number of nitrogens with one attached hydrogen (secondary N) is 1. The van der Waals surface area contributed by atoms with Gasteiger partial charge < -0.3 is 10.1 Å². The van der Waals surface area contributed by atoms with Crippen molar-refractivity contribution in [3.63, 3.8) is 0 Å². The van der Waals surface area contributed by atoms with Gasteiger partial charge in [0.15, 0.2) is 0 Å². The number of rotatable bonds is 10. The molecule has 0 unspecified atom stereocenters. The summed E-state index contributed by atoms with van der Waals surface area (Å²) < 4.78 is 7.41. The fourth-order valence-corrected chi connectivity index (χ4v) is 2.74. The van der Waals surface area contributed by atoms with E-state index in [0.717, 1.165) is 30.0 Å². The number of unbranched alkanes of at least 4 members (excludes halogenated alkanes) is 4. The molecular formula is C20H29N3O2. The van der Waals surface area contributed by atoms with Gasteiger partial charge in [0.05, 0.1) is 12.3 Å². The van der Waals surface area contributed by atoms with E-state index in [9.17, 15) is 4.79 Å². The van der Waals surface area contributed by atoms with E-state index in [1.807, 2.05) is 31.2 Å². The first-order valence-electron chi connectivity index (χ1n) is 9.10. The van der Waals surface area contributed by atoms with Crippen LogP contribution in [0.5, 0.6) is 5.75 Å². The second kappa shape index (κ2) is 9.87. The summed E-state index contributed by atoms with van der Waals surface area (Å²) in [5.74, 6) is 0.740. The van der Waals surface area contributed by atoms with Gasteiger partial charge in [-0.2, -0.15) is 5.10 Å². The molecule has 0 spiro atoms. The molecule has 5 nitrogen and oxygen atoms in total. The van der Waals surface area contributed by atoms with E-state index in [-0.39, 0.29) is 5.91 Å². The lowest BCUT2D eigenvalue weighted by molar-refractivity contribution is 0.0941. The predicted molar refractivity (Wildman–Crippen MR) is 99.8 cm³/mol. The number of nitrogens with zero attached hydrogens (tertiary/aromatic N) is 2. The molecule has 0 bridgehead atoms.